The fourth-order valence-corrected chi connectivity index (χ4v) is 4.32. The van der Waals surface area contributed by atoms with Crippen LogP contribution < -0.4 is 4.74 Å². The molecule has 156 valence electrons. The topological polar surface area (TPSA) is 97.8 Å². The third kappa shape index (κ3) is 3.43. The number of H-pyrrole nitrogens is 1. The van der Waals surface area contributed by atoms with Gasteiger partial charge in [0.2, 0.25) is 5.88 Å². The van der Waals surface area contributed by atoms with Gasteiger partial charge in [-0.15, -0.1) is 0 Å². The number of benzene rings is 1. The third-order valence-corrected chi connectivity index (χ3v) is 7.19. The van der Waals surface area contributed by atoms with E-state index in [1.165, 1.54) is 0 Å². The van der Waals surface area contributed by atoms with Crippen molar-refractivity contribution in [1.29, 1.82) is 0 Å². The van der Waals surface area contributed by atoms with Crippen molar-refractivity contribution >= 4 is 21.0 Å². The molecular formula is C22H24N4O3S. The predicted molar refractivity (Wildman–Crippen MR) is 118 cm³/mol. The molecule has 0 bridgehead atoms. The zero-order valence-electron chi connectivity index (χ0n) is 17.2. The first-order valence-corrected chi connectivity index (χ1v) is 11.1. The average molecular weight is 425 g/mol. The number of sulfone groups is 1. The largest absolute Gasteiger partial charge is 0.481 e. The van der Waals surface area contributed by atoms with Crippen LogP contribution in [0.3, 0.4) is 0 Å². The van der Waals surface area contributed by atoms with Crippen molar-refractivity contribution in [2.24, 2.45) is 0 Å². The van der Waals surface area contributed by atoms with E-state index in [-0.39, 0.29) is 1.43 Å². The summed E-state index contributed by atoms with van der Waals surface area (Å²) in [6.07, 6.45) is 5.27. The van der Waals surface area contributed by atoms with Gasteiger partial charge in [-0.1, -0.05) is 12.1 Å². The number of nitrogens with one attached hydrogen (secondary N) is 1. The fraction of sp³-hybridized carbons (Fsp3) is 0.227. The maximum absolute atomic E-state index is 12.3. The van der Waals surface area contributed by atoms with Crippen molar-refractivity contribution in [3.63, 3.8) is 0 Å². The lowest BCUT2D eigenvalue weighted by Gasteiger charge is -2.09. The summed E-state index contributed by atoms with van der Waals surface area (Å²) in [6.45, 7) is 5.28. The van der Waals surface area contributed by atoms with Crippen LogP contribution in [0.2, 0.25) is 0 Å². The number of ether oxygens (including phenoxy) is 1. The molecule has 0 radical (unpaired) electrons. The standard InChI is InChI=1S/C22H22N4O3S.H2/c1-13(2)30(27,28)17-7-5-15(6-8-17)19-12-24-21-20(26-19)18(11-23-21)16-9-14(3)22(29-4)25-10-16;/h5-13H,1-4H3,(H,23,24);1H. The lowest BCUT2D eigenvalue weighted by Crippen LogP contribution is -2.13. The Kier molecular flexibility index (Phi) is 5.03. The van der Waals surface area contributed by atoms with Gasteiger partial charge in [0.25, 0.3) is 0 Å². The van der Waals surface area contributed by atoms with Crippen LogP contribution in [0.4, 0.5) is 0 Å². The summed E-state index contributed by atoms with van der Waals surface area (Å²) in [5.41, 5.74) is 5.56. The zero-order valence-corrected chi connectivity index (χ0v) is 18.0. The quantitative estimate of drug-likeness (QED) is 0.509. The molecule has 1 aromatic carbocycles. The van der Waals surface area contributed by atoms with E-state index in [2.05, 4.69) is 15.0 Å². The first-order chi connectivity index (χ1) is 14.3. The van der Waals surface area contributed by atoms with Gasteiger partial charge in [-0.25, -0.2) is 23.4 Å². The van der Waals surface area contributed by atoms with Crippen molar-refractivity contribution in [1.82, 2.24) is 19.9 Å². The van der Waals surface area contributed by atoms with E-state index < -0.39 is 15.1 Å². The lowest BCUT2D eigenvalue weighted by molar-refractivity contribution is 0.394. The Morgan fingerprint density at radius 3 is 2.43 bits per heavy atom. The molecule has 0 aliphatic rings. The maximum atomic E-state index is 12.3. The molecule has 0 spiro atoms. The molecule has 1 N–H and O–H groups in total. The summed E-state index contributed by atoms with van der Waals surface area (Å²) in [4.78, 5) is 17.0. The molecule has 0 amide bonds. The number of methoxy groups -OCH3 is 1. The molecule has 4 aromatic rings. The predicted octanol–water partition coefficient (Wildman–Crippen LogP) is 4.43. The fourth-order valence-electron chi connectivity index (χ4n) is 3.26. The number of aryl methyl sites for hydroxylation is 1. The number of nitrogens with zero attached hydrogens (tertiary/aromatic N) is 3. The number of rotatable bonds is 5. The van der Waals surface area contributed by atoms with Crippen molar-refractivity contribution in [3.05, 3.63) is 54.5 Å². The monoisotopic (exact) mass is 424 g/mol. The molecule has 0 saturated heterocycles. The van der Waals surface area contributed by atoms with E-state index in [4.69, 9.17) is 9.72 Å². The molecule has 3 heterocycles. The van der Waals surface area contributed by atoms with Crippen molar-refractivity contribution in [2.45, 2.75) is 30.9 Å². The Hall–Kier alpha value is -3.26. The Balaban J connectivity index is 0.00000272. The summed E-state index contributed by atoms with van der Waals surface area (Å²) in [6, 6.07) is 8.75. The summed E-state index contributed by atoms with van der Waals surface area (Å²) < 4.78 is 29.9. The van der Waals surface area contributed by atoms with Crippen molar-refractivity contribution in [2.75, 3.05) is 7.11 Å². The number of hydrogen-bond acceptors (Lipinski definition) is 6. The minimum atomic E-state index is -3.31. The van der Waals surface area contributed by atoms with Crippen LogP contribution in [0, 0.1) is 6.92 Å². The second kappa shape index (κ2) is 7.53. The third-order valence-electron chi connectivity index (χ3n) is 5.01. The van der Waals surface area contributed by atoms with Crippen molar-refractivity contribution in [3.8, 4) is 28.3 Å². The molecule has 8 heteroatoms. The summed E-state index contributed by atoms with van der Waals surface area (Å²) in [5, 5.41) is -0.469. The van der Waals surface area contributed by atoms with Crippen LogP contribution >= 0.6 is 0 Å². The van der Waals surface area contributed by atoms with Gasteiger partial charge in [0.15, 0.2) is 15.5 Å². The van der Waals surface area contributed by atoms with Crippen LogP contribution in [0.5, 0.6) is 5.88 Å². The molecule has 0 atom stereocenters. The van der Waals surface area contributed by atoms with Crippen LogP contribution in [-0.4, -0.2) is 40.7 Å². The second-order valence-electron chi connectivity index (χ2n) is 7.32. The molecule has 7 nitrogen and oxygen atoms in total. The Bertz CT molecular complexity index is 1330. The smallest absolute Gasteiger partial charge is 0.215 e. The number of aromatic amines is 1. The lowest BCUT2D eigenvalue weighted by atomic mass is 10.1. The number of aromatic nitrogens is 4. The van der Waals surface area contributed by atoms with E-state index in [1.807, 2.05) is 19.2 Å². The highest BCUT2D eigenvalue weighted by Crippen LogP contribution is 2.30. The van der Waals surface area contributed by atoms with Crippen LogP contribution in [0.15, 0.2) is 53.8 Å². The van der Waals surface area contributed by atoms with E-state index in [1.54, 1.807) is 57.6 Å². The molecule has 0 saturated carbocycles. The van der Waals surface area contributed by atoms with Gasteiger partial charge in [0.05, 0.1) is 29.1 Å². The van der Waals surface area contributed by atoms with Crippen LogP contribution in [0.25, 0.3) is 33.5 Å². The number of hydrogen-bond donors (Lipinski definition) is 1. The number of pyridine rings is 1. The highest BCUT2D eigenvalue weighted by molar-refractivity contribution is 7.92. The average Bonchev–Trinajstić information content (AvgIpc) is 3.17. The van der Waals surface area contributed by atoms with Crippen molar-refractivity contribution < 1.29 is 14.6 Å². The van der Waals surface area contributed by atoms with Crippen LogP contribution in [-0.2, 0) is 9.84 Å². The van der Waals surface area contributed by atoms with Gasteiger partial charge in [0, 0.05) is 36.1 Å². The molecule has 4 rings (SSSR count). The molecule has 0 unspecified atom stereocenters. The van der Waals surface area contributed by atoms with E-state index in [0.717, 1.165) is 27.8 Å². The van der Waals surface area contributed by atoms with Gasteiger partial charge in [-0.05, 0) is 39.0 Å². The first kappa shape index (κ1) is 20.0. The minimum Gasteiger partial charge on any atom is -0.481 e. The SMILES string of the molecule is COc1ncc(-c2c[nH]c3ncc(-c4ccc(S(=O)(=O)C(C)C)cc4)nc23)cc1C.[HH]. The molecule has 3 aromatic heterocycles. The Labute approximate surface area is 176 Å². The second-order valence-corrected chi connectivity index (χ2v) is 9.83. The van der Waals surface area contributed by atoms with E-state index in [9.17, 15) is 8.42 Å². The summed E-state index contributed by atoms with van der Waals surface area (Å²) in [7, 11) is -1.72. The van der Waals surface area contributed by atoms with Gasteiger partial charge < -0.3 is 9.72 Å². The van der Waals surface area contributed by atoms with E-state index in [0.29, 0.717) is 22.1 Å². The van der Waals surface area contributed by atoms with Gasteiger partial charge in [-0.3, -0.25) is 0 Å². The Morgan fingerprint density at radius 2 is 1.80 bits per heavy atom. The minimum absolute atomic E-state index is 0. The highest BCUT2D eigenvalue weighted by atomic mass is 32.2. The molecular weight excluding hydrogens is 400 g/mol. The molecule has 0 fully saturated rings. The van der Waals surface area contributed by atoms with Crippen LogP contribution in [0.1, 0.15) is 20.8 Å². The molecule has 0 aliphatic carbocycles. The van der Waals surface area contributed by atoms with Gasteiger partial charge >= 0.3 is 0 Å². The van der Waals surface area contributed by atoms with Gasteiger partial charge in [0.1, 0.15) is 5.52 Å². The zero-order chi connectivity index (χ0) is 21.5. The molecule has 0 aliphatic heterocycles. The van der Waals surface area contributed by atoms with Gasteiger partial charge in [-0.2, -0.15) is 0 Å². The number of fused-ring (bicyclic) bond motifs is 1. The summed E-state index contributed by atoms with van der Waals surface area (Å²) >= 11 is 0. The highest BCUT2D eigenvalue weighted by Gasteiger charge is 2.19. The normalized spacial score (nSPS) is 11.9. The Morgan fingerprint density at radius 1 is 1.07 bits per heavy atom. The molecule has 30 heavy (non-hydrogen) atoms. The summed E-state index contributed by atoms with van der Waals surface area (Å²) in [5.74, 6) is 0.585. The van der Waals surface area contributed by atoms with E-state index >= 15 is 0 Å². The first-order valence-electron chi connectivity index (χ1n) is 9.50. The maximum Gasteiger partial charge on any atom is 0.215 e.